The summed E-state index contributed by atoms with van der Waals surface area (Å²) in [5.41, 5.74) is -0.188. The smallest absolute Gasteiger partial charge is 0.330 e. The zero-order valence-electron chi connectivity index (χ0n) is 17.2. The fraction of sp³-hybridized carbons (Fsp3) is 0.684. The van der Waals surface area contributed by atoms with E-state index in [2.05, 4.69) is 17.9 Å². The average molecular weight is 376 g/mol. The average Bonchev–Trinajstić information content (AvgIpc) is 2.61. The summed E-state index contributed by atoms with van der Waals surface area (Å²) in [7, 11) is 6.65. The third-order valence-corrected chi connectivity index (χ3v) is 2.70. The minimum absolute atomic E-state index is 0.0185. The Morgan fingerprint density at radius 2 is 1.19 bits per heavy atom. The van der Waals surface area contributed by atoms with Crippen molar-refractivity contribution in [2.75, 3.05) is 61.5 Å². The third-order valence-electron chi connectivity index (χ3n) is 2.70. The number of carbonyl (C=O) groups excluding carboxylic acids is 2. The van der Waals surface area contributed by atoms with Crippen LogP contribution in [0.25, 0.3) is 0 Å². The van der Waals surface area contributed by atoms with Gasteiger partial charge in [0.25, 0.3) is 0 Å². The second kappa shape index (κ2) is 21.5. The third kappa shape index (κ3) is 20.5. The molecule has 7 heteroatoms. The van der Waals surface area contributed by atoms with Gasteiger partial charge in [0.2, 0.25) is 0 Å². The van der Waals surface area contributed by atoms with Crippen molar-refractivity contribution in [2.24, 2.45) is 5.41 Å². The van der Waals surface area contributed by atoms with E-state index in [0.717, 1.165) is 12.5 Å². The van der Waals surface area contributed by atoms with Gasteiger partial charge >= 0.3 is 5.97 Å². The molecule has 0 N–H and O–H groups in total. The molecule has 0 radical (unpaired) electrons. The van der Waals surface area contributed by atoms with Gasteiger partial charge in [-0.3, -0.25) is 4.79 Å². The highest BCUT2D eigenvalue weighted by Crippen LogP contribution is 2.19. The fourth-order valence-corrected chi connectivity index (χ4v) is 1.74. The van der Waals surface area contributed by atoms with Gasteiger partial charge in [-0.05, 0) is 19.4 Å². The Morgan fingerprint density at radius 3 is 1.38 bits per heavy atom. The molecule has 0 spiro atoms. The van der Waals surface area contributed by atoms with Crippen molar-refractivity contribution < 1.29 is 33.3 Å². The van der Waals surface area contributed by atoms with Crippen LogP contribution in [-0.2, 0) is 33.3 Å². The lowest BCUT2D eigenvalue weighted by Crippen LogP contribution is -2.40. The fourth-order valence-electron chi connectivity index (χ4n) is 1.74. The zero-order chi connectivity index (χ0) is 20.8. The number of ether oxygens (including phenoxy) is 5. The number of allylic oxidation sites excluding steroid dienone is 1. The van der Waals surface area contributed by atoms with Crippen molar-refractivity contribution in [3.8, 4) is 0 Å². The molecule has 0 bridgehead atoms. The molecule has 0 heterocycles. The molecule has 0 aliphatic carbocycles. The Kier molecular flexibility index (Phi) is 24.2. The van der Waals surface area contributed by atoms with Crippen LogP contribution in [0.3, 0.4) is 0 Å². The molecule has 154 valence electrons. The van der Waals surface area contributed by atoms with Crippen LogP contribution < -0.4 is 0 Å². The van der Waals surface area contributed by atoms with Crippen molar-refractivity contribution in [2.45, 2.75) is 20.3 Å². The Morgan fingerprint density at radius 1 is 0.846 bits per heavy atom. The lowest BCUT2D eigenvalue weighted by Gasteiger charge is -2.30. The van der Waals surface area contributed by atoms with Gasteiger partial charge in [-0.15, -0.1) is 0 Å². The summed E-state index contributed by atoms with van der Waals surface area (Å²) >= 11 is 0. The normalized spacial score (nSPS) is 9.77. The van der Waals surface area contributed by atoms with Gasteiger partial charge < -0.3 is 23.7 Å². The molecule has 0 saturated carbocycles. The van der Waals surface area contributed by atoms with Gasteiger partial charge in [-0.25, -0.2) is 4.79 Å². The summed E-state index contributed by atoms with van der Waals surface area (Å²) in [5, 5.41) is 0. The Hall–Kier alpha value is -1.54. The molecular weight excluding hydrogens is 340 g/mol. The van der Waals surface area contributed by atoms with Crippen LogP contribution in [0.2, 0.25) is 0 Å². The first-order valence-electron chi connectivity index (χ1n) is 8.20. The van der Waals surface area contributed by atoms with Crippen molar-refractivity contribution >= 4 is 11.8 Å². The van der Waals surface area contributed by atoms with Crippen molar-refractivity contribution in [3.05, 3.63) is 25.3 Å². The summed E-state index contributed by atoms with van der Waals surface area (Å²) in [5.74, 6) is -0.322. The van der Waals surface area contributed by atoms with E-state index in [1.165, 1.54) is 13.0 Å². The van der Waals surface area contributed by atoms with E-state index in [1.807, 2.05) is 6.92 Å². The SMILES string of the molecule is C=CC(=O)OCCC.C=CC(C)=O.COCC(COC)(COC)COC. The summed E-state index contributed by atoms with van der Waals surface area (Å²) < 4.78 is 25.1. The zero-order valence-corrected chi connectivity index (χ0v) is 17.2. The maximum absolute atomic E-state index is 10.2. The van der Waals surface area contributed by atoms with Gasteiger partial charge in [0.1, 0.15) is 0 Å². The topological polar surface area (TPSA) is 80.3 Å². The molecule has 0 atom stereocenters. The molecule has 0 amide bonds. The van der Waals surface area contributed by atoms with Crippen LogP contribution in [0.4, 0.5) is 0 Å². The van der Waals surface area contributed by atoms with Crippen LogP contribution in [0.5, 0.6) is 0 Å². The van der Waals surface area contributed by atoms with Crippen molar-refractivity contribution in [1.82, 2.24) is 0 Å². The molecule has 0 aromatic carbocycles. The molecule has 0 aromatic heterocycles. The first kappa shape index (κ1) is 29.2. The van der Waals surface area contributed by atoms with Gasteiger partial charge in [0, 0.05) is 34.5 Å². The molecule has 26 heavy (non-hydrogen) atoms. The first-order valence-corrected chi connectivity index (χ1v) is 8.20. The maximum atomic E-state index is 10.2. The summed E-state index contributed by atoms with van der Waals surface area (Å²) in [4.78, 5) is 19.9. The van der Waals surface area contributed by atoms with E-state index in [-0.39, 0.29) is 17.2 Å². The standard InChI is InChI=1S/C9H20O4.C6H10O2.C4H6O/c1-10-5-9(6-11-2,7-12-3)8-13-4;1-3-5-8-6(7)4-2;1-3-4(2)5/h5-8H2,1-4H3;4H,2-3,5H2,1H3;3H,1H2,2H3. The lowest BCUT2D eigenvalue weighted by molar-refractivity contribution is -0.137. The Balaban J connectivity index is -0.000000346. The van der Waals surface area contributed by atoms with Crippen molar-refractivity contribution in [3.63, 3.8) is 0 Å². The first-order chi connectivity index (χ1) is 12.3. The second-order valence-electron chi connectivity index (χ2n) is 5.42. The Labute approximate surface area is 158 Å². The molecule has 0 unspecified atom stereocenters. The largest absolute Gasteiger partial charge is 0.463 e. The van der Waals surface area contributed by atoms with E-state index in [9.17, 15) is 9.59 Å². The quantitative estimate of drug-likeness (QED) is 0.382. The minimum Gasteiger partial charge on any atom is -0.463 e. The highest BCUT2D eigenvalue weighted by Gasteiger charge is 2.30. The number of hydrogen-bond donors (Lipinski definition) is 0. The number of methoxy groups -OCH3 is 4. The highest BCUT2D eigenvalue weighted by atomic mass is 16.5. The van der Waals surface area contributed by atoms with Crippen LogP contribution >= 0.6 is 0 Å². The van der Waals surface area contributed by atoms with E-state index in [1.54, 1.807) is 28.4 Å². The predicted octanol–water partition coefficient (Wildman–Crippen LogP) is 2.45. The summed E-state index contributed by atoms with van der Waals surface area (Å²) in [6.07, 6.45) is 3.30. The number of ketones is 1. The lowest BCUT2D eigenvalue weighted by atomic mass is 9.92. The molecule has 0 saturated heterocycles. The van der Waals surface area contributed by atoms with E-state index < -0.39 is 0 Å². The van der Waals surface area contributed by atoms with Crippen LogP contribution in [0, 0.1) is 5.41 Å². The van der Waals surface area contributed by atoms with Crippen LogP contribution in [0.15, 0.2) is 25.3 Å². The molecular formula is C19H36O7. The number of esters is 1. The van der Waals surface area contributed by atoms with Gasteiger partial charge in [-0.1, -0.05) is 20.1 Å². The molecule has 0 aromatic rings. The highest BCUT2D eigenvalue weighted by molar-refractivity contribution is 5.86. The van der Waals surface area contributed by atoms with E-state index >= 15 is 0 Å². The van der Waals surface area contributed by atoms with Crippen LogP contribution in [0.1, 0.15) is 20.3 Å². The summed E-state index contributed by atoms with van der Waals surface area (Å²) in [6.45, 7) is 12.6. The predicted molar refractivity (Wildman–Crippen MR) is 102 cm³/mol. The van der Waals surface area contributed by atoms with Gasteiger partial charge in [0.15, 0.2) is 5.78 Å². The van der Waals surface area contributed by atoms with Crippen LogP contribution in [-0.4, -0.2) is 73.2 Å². The minimum atomic E-state index is -0.341. The van der Waals surface area contributed by atoms with E-state index in [0.29, 0.717) is 33.0 Å². The molecule has 0 rings (SSSR count). The van der Waals surface area contributed by atoms with Crippen molar-refractivity contribution in [1.29, 1.82) is 0 Å². The maximum Gasteiger partial charge on any atom is 0.330 e. The van der Waals surface area contributed by atoms with Gasteiger partial charge in [0.05, 0.1) is 38.4 Å². The van der Waals surface area contributed by atoms with Gasteiger partial charge in [-0.2, -0.15) is 0 Å². The summed E-state index contributed by atoms with van der Waals surface area (Å²) in [6, 6.07) is 0. The molecule has 7 nitrogen and oxygen atoms in total. The Bertz CT molecular complexity index is 337. The molecule has 0 fully saturated rings. The molecule has 0 aliphatic rings. The number of carbonyl (C=O) groups is 2. The number of hydrogen-bond acceptors (Lipinski definition) is 7. The molecule has 0 aliphatic heterocycles. The van der Waals surface area contributed by atoms with E-state index in [4.69, 9.17) is 18.9 Å². The monoisotopic (exact) mass is 376 g/mol. The second-order valence-corrected chi connectivity index (χ2v) is 5.42. The number of rotatable bonds is 12.